The molecule has 0 bridgehead atoms. The van der Waals surface area contributed by atoms with E-state index < -0.39 is 52.2 Å². The molecule has 0 aliphatic rings. The van der Waals surface area contributed by atoms with Crippen LogP contribution >= 0.6 is 0 Å². The summed E-state index contributed by atoms with van der Waals surface area (Å²) < 4.78 is 33.4. The number of nitro groups is 1. The van der Waals surface area contributed by atoms with Gasteiger partial charge < -0.3 is 14.9 Å². The van der Waals surface area contributed by atoms with Crippen LogP contribution in [0.25, 0.3) is 0 Å². The molecule has 0 aliphatic heterocycles. The molecule has 0 saturated carbocycles. The summed E-state index contributed by atoms with van der Waals surface area (Å²) in [5, 5.41) is 33.1. The van der Waals surface area contributed by atoms with Gasteiger partial charge in [0.2, 0.25) is 5.75 Å². The Labute approximate surface area is 164 Å². The summed E-state index contributed by atoms with van der Waals surface area (Å²) in [7, 11) is 0. The highest BCUT2D eigenvalue weighted by Gasteiger charge is 2.23. The third kappa shape index (κ3) is 5.93. The van der Waals surface area contributed by atoms with Crippen LogP contribution in [0.5, 0.6) is 11.5 Å². The summed E-state index contributed by atoms with van der Waals surface area (Å²) in [5.74, 6) is -4.44. The highest BCUT2D eigenvalue weighted by atomic mass is 19.1. The largest absolute Gasteiger partial charge is 0.481 e. The van der Waals surface area contributed by atoms with Crippen molar-refractivity contribution in [3.05, 3.63) is 63.2 Å². The van der Waals surface area contributed by atoms with E-state index in [-0.39, 0.29) is 16.9 Å². The SMILES string of the molecule is CC(C)(C)NC(O)c1ccc(Oc2cc(F)c(CC(=O)O)cc2F)c([N+](=O)[O-])c1. The van der Waals surface area contributed by atoms with E-state index in [9.17, 15) is 28.8 Å². The molecule has 0 fully saturated rings. The number of nitro benzene ring substituents is 1. The Morgan fingerprint density at radius 1 is 1.21 bits per heavy atom. The number of nitrogens with zero attached hydrogens (tertiary/aromatic N) is 1. The van der Waals surface area contributed by atoms with Gasteiger partial charge in [0.25, 0.3) is 0 Å². The summed E-state index contributed by atoms with van der Waals surface area (Å²) in [6.45, 7) is 5.40. The predicted molar refractivity (Wildman–Crippen MR) is 98.7 cm³/mol. The lowest BCUT2D eigenvalue weighted by Crippen LogP contribution is -2.38. The number of aliphatic carboxylic acids is 1. The van der Waals surface area contributed by atoms with Crippen LogP contribution < -0.4 is 10.1 Å². The highest BCUT2D eigenvalue weighted by molar-refractivity contribution is 5.70. The van der Waals surface area contributed by atoms with Crippen LogP contribution in [0.2, 0.25) is 0 Å². The van der Waals surface area contributed by atoms with Crippen molar-refractivity contribution in [3.63, 3.8) is 0 Å². The van der Waals surface area contributed by atoms with Crippen molar-refractivity contribution in [3.8, 4) is 11.5 Å². The van der Waals surface area contributed by atoms with Crippen LogP contribution in [-0.4, -0.2) is 26.6 Å². The average molecular weight is 410 g/mol. The molecular formula is C19H20F2N2O6. The first-order chi connectivity index (χ1) is 13.4. The van der Waals surface area contributed by atoms with Crippen LogP contribution in [0.4, 0.5) is 14.5 Å². The maximum atomic E-state index is 14.2. The van der Waals surface area contributed by atoms with Crippen LogP contribution in [-0.2, 0) is 11.2 Å². The van der Waals surface area contributed by atoms with Crippen molar-refractivity contribution in [2.45, 2.75) is 39.0 Å². The fourth-order valence-corrected chi connectivity index (χ4v) is 2.49. The average Bonchev–Trinajstić information content (AvgIpc) is 2.57. The second-order valence-corrected chi connectivity index (χ2v) is 7.33. The second kappa shape index (κ2) is 8.50. The zero-order chi connectivity index (χ0) is 21.9. The molecule has 156 valence electrons. The van der Waals surface area contributed by atoms with Gasteiger partial charge in [0.15, 0.2) is 11.6 Å². The van der Waals surface area contributed by atoms with Crippen molar-refractivity contribution in [1.82, 2.24) is 5.32 Å². The first-order valence-electron chi connectivity index (χ1n) is 8.49. The van der Waals surface area contributed by atoms with Crippen LogP contribution in [0.1, 0.15) is 38.1 Å². The van der Waals surface area contributed by atoms with E-state index in [1.165, 1.54) is 6.07 Å². The molecule has 8 nitrogen and oxygen atoms in total. The molecule has 1 atom stereocenters. The minimum Gasteiger partial charge on any atom is -0.481 e. The fourth-order valence-electron chi connectivity index (χ4n) is 2.49. The fraction of sp³-hybridized carbons (Fsp3) is 0.316. The third-order valence-corrected chi connectivity index (χ3v) is 3.73. The minimum absolute atomic E-state index is 0.183. The topological polar surface area (TPSA) is 122 Å². The number of carboxylic acid groups (broad SMARTS) is 1. The maximum absolute atomic E-state index is 14.2. The molecule has 0 amide bonds. The number of carboxylic acids is 1. The predicted octanol–water partition coefficient (Wildman–Crippen LogP) is 3.67. The van der Waals surface area contributed by atoms with Gasteiger partial charge in [-0.3, -0.25) is 20.2 Å². The Morgan fingerprint density at radius 2 is 1.86 bits per heavy atom. The van der Waals surface area contributed by atoms with E-state index in [0.717, 1.165) is 12.1 Å². The molecule has 0 aliphatic carbocycles. The molecule has 0 saturated heterocycles. The number of ether oxygens (including phenoxy) is 1. The van der Waals surface area contributed by atoms with E-state index in [0.29, 0.717) is 12.1 Å². The first kappa shape index (κ1) is 22.2. The number of hydrogen-bond acceptors (Lipinski definition) is 6. The first-order valence-corrected chi connectivity index (χ1v) is 8.49. The molecule has 29 heavy (non-hydrogen) atoms. The Morgan fingerprint density at radius 3 is 2.41 bits per heavy atom. The van der Waals surface area contributed by atoms with Gasteiger partial charge in [-0.1, -0.05) is 6.07 Å². The van der Waals surface area contributed by atoms with Crippen molar-refractivity contribution in [2.75, 3.05) is 0 Å². The Kier molecular flexibility index (Phi) is 6.50. The molecule has 0 heterocycles. The third-order valence-electron chi connectivity index (χ3n) is 3.73. The van der Waals surface area contributed by atoms with Gasteiger partial charge in [-0.15, -0.1) is 0 Å². The summed E-state index contributed by atoms with van der Waals surface area (Å²) in [4.78, 5) is 21.3. The summed E-state index contributed by atoms with van der Waals surface area (Å²) in [6.07, 6.45) is -1.93. The number of aliphatic hydroxyl groups excluding tert-OH is 1. The molecule has 0 spiro atoms. The molecule has 3 N–H and O–H groups in total. The quantitative estimate of drug-likeness (QED) is 0.362. The molecular weight excluding hydrogens is 390 g/mol. The van der Waals surface area contributed by atoms with Gasteiger partial charge in [-0.05, 0) is 32.9 Å². The number of halogens is 2. The van der Waals surface area contributed by atoms with Crippen molar-refractivity contribution >= 4 is 11.7 Å². The Hall–Kier alpha value is -3.11. The second-order valence-electron chi connectivity index (χ2n) is 7.33. The maximum Gasteiger partial charge on any atom is 0.311 e. The lowest BCUT2D eigenvalue weighted by molar-refractivity contribution is -0.385. The molecule has 10 heteroatoms. The van der Waals surface area contributed by atoms with Crippen LogP contribution in [0.3, 0.4) is 0 Å². The van der Waals surface area contributed by atoms with E-state index in [4.69, 9.17) is 9.84 Å². The van der Waals surface area contributed by atoms with Gasteiger partial charge >= 0.3 is 11.7 Å². The lowest BCUT2D eigenvalue weighted by atomic mass is 10.1. The van der Waals surface area contributed by atoms with Gasteiger partial charge in [0.1, 0.15) is 12.0 Å². The van der Waals surface area contributed by atoms with Crippen molar-refractivity contribution in [1.29, 1.82) is 0 Å². The molecule has 2 aromatic carbocycles. The summed E-state index contributed by atoms with van der Waals surface area (Å²) in [6, 6.07) is 4.85. The number of aliphatic hydroxyl groups is 1. The normalized spacial score (nSPS) is 12.5. The molecule has 1 unspecified atom stereocenters. The lowest BCUT2D eigenvalue weighted by Gasteiger charge is -2.25. The number of nitrogens with one attached hydrogen (secondary N) is 1. The smallest absolute Gasteiger partial charge is 0.311 e. The van der Waals surface area contributed by atoms with Crippen molar-refractivity contribution < 1.29 is 33.4 Å². The zero-order valence-electron chi connectivity index (χ0n) is 15.9. The zero-order valence-corrected chi connectivity index (χ0v) is 15.9. The molecule has 2 rings (SSSR count). The van der Waals surface area contributed by atoms with Gasteiger partial charge in [0, 0.05) is 28.8 Å². The van der Waals surface area contributed by atoms with Crippen molar-refractivity contribution in [2.24, 2.45) is 0 Å². The van der Waals surface area contributed by atoms with E-state index in [1.54, 1.807) is 20.8 Å². The molecule has 2 aromatic rings. The number of carbonyl (C=O) groups is 1. The van der Waals surface area contributed by atoms with Gasteiger partial charge in [-0.25, -0.2) is 8.78 Å². The number of hydrogen-bond donors (Lipinski definition) is 3. The van der Waals surface area contributed by atoms with E-state index in [2.05, 4.69) is 5.32 Å². The highest BCUT2D eigenvalue weighted by Crippen LogP contribution is 2.35. The monoisotopic (exact) mass is 410 g/mol. The van der Waals surface area contributed by atoms with Crippen LogP contribution in [0, 0.1) is 21.7 Å². The number of benzene rings is 2. The van der Waals surface area contributed by atoms with Gasteiger partial charge in [-0.2, -0.15) is 0 Å². The van der Waals surface area contributed by atoms with Crippen LogP contribution in [0.15, 0.2) is 30.3 Å². The Balaban J connectivity index is 2.37. The molecule has 0 radical (unpaired) electrons. The van der Waals surface area contributed by atoms with E-state index in [1.807, 2.05) is 0 Å². The number of rotatable bonds is 7. The minimum atomic E-state index is -1.34. The Bertz CT molecular complexity index is 943. The van der Waals surface area contributed by atoms with Gasteiger partial charge in [0.05, 0.1) is 11.3 Å². The standard InChI is InChI=1S/C19H20F2N2O6/c1-19(2,3)22-18(26)10-4-5-15(14(7-10)23(27)28)29-16-9-12(20)11(6-13(16)21)8-17(24)25/h4-7,9,18,22,26H,8H2,1-3H3,(H,24,25). The van der Waals surface area contributed by atoms with E-state index >= 15 is 0 Å². The summed E-state index contributed by atoms with van der Waals surface area (Å²) in [5.41, 5.74) is -1.24. The summed E-state index contributed by atoms with van der Waals surface area (Å²) >= 11 is 0. The molecule has 0 aromatic heterocycles.